The van der Waals surface area contributed by atoms with Crippen LogP contribution in [0.5, 0.6) is 0 Å². The molecule has 0 spiro atoms. The van der Waals surface area contributed by atoms with Crippen molar-refractivity contribution >= 4 is 18.5 Å². The Labute approximate surface area is 52.9 Å². The summed E-state index contributed by atoms with van der Waals surface area (Å²) < 4.78 is 4.28. The van der Waals surface area contributed by atoms with Crippen LogP contribution in [0.4, 0.5) is 0 Å². The average Bonchev–Trinajstić information content (AvgIpc) is 1.21. The SMILES string of the molecule is C=C(C)OP(O)(O)=S. The van der Waals surface area contributed by atoms with E-state index < -0.39 is 6.72 Å². The van der Waals surface area contributed by atoms with E-state index in [0.29, 0.717) is 0 Å². The molecule has 0 unspecified atom stereocenters. The summed E-state index contributed by atoms with van der Waals surface area (Å²) in [4.78, 5) is 16.8. The van der Waals surface area contributed by atoms with E-state index in [1.54, 1.807) is 0 Å². The summed E-state index contributed by atoms with van der Waals surface area (Å²) in [7, 11) is 0. The largest absolute Gasteiger partial charge is 0.430 e. The lowest BCUT2D eigenvalue weighted by Gasteiger charge is -2.07. The van der Waals surface area contributed by atoms with E-state index in [1.165, 1.54) is 6.92 Å². The van der Waals surface area contributed by atoms with E-state index in [-0.39, 0.29) is 5.76 Å². The molecule has 0 aromatic carbocycles. The van der Waals surface area contributed by atoms with Gasteiger partial charge in [-0.05, 0) is 6.92 Å². The van der Waals surface area contributed by atoms with Gasteiger partial charge in [-0.3, -0.25) is 0 Å². The molecule has 0 aromatic rings. The van der Waals surface area contributed by atoms with Crippen LogP contribution < -0.4 is 0 Å². The zero-order valence-electron chi connectivity index (χ0n) is 4.37. The molecule has 0 radical (unpaired) electrons. The van der Waals surface area contributed by atoms with Gasteiger partial charge in [-0.15, -0.1) is 0 Å². The third-order valence-electron chi connectivity index (χ3n) is 0.275. The van der Waals surface area contributed by atoms with E-state index in [0.717, 1.165) is 0 Å². The standard InChI is InChI=1S/C3H7O3PS/c1-3(2)6-7(4,5)8/h1H2,2H3,(H2,4,5,8). The molecule has 0 atom stereocenters. The summed E-state index contributed by atoms with van der Waals surface area (Å²) >= 11 is 4.10. The molecule has 0 saturated heterocycles. The van der Waals surface area contributed by atoms with E-state index in [1.807, 2.05) is 0 Å². The molecule has 0 aliphatic heterocycles. The first-order valence-electron chi connectivity index (χ1n) is 1.82. The fraction of sp³-hybridized carbons (Fsp3) is 0.333. The summed E-state index contributed by atoms with van der Waals surface area (Å²) in [6.07, 6.45) is 0. The molecule has 3 nitrogen and oxygen atoms in total. The lowest BCUT2D eigenvalue weighted by atomic mass is 10.7. The molecule has 8 heavy (non-hydrogen) atoms. The van der Waals surface area contributed by atoms with Crippen LogP contribution >= 0.6 is 6.72 Å². The summed E-state index contributed by atoms with van der Waals surface area (Å²) in [5.74, 6) is 0.221. The van der Waals surface area contributed by atoms with Gasteiger partial charge in [0, 0.05) is 11.8 Å². The Kier molecular flexibility index (Phi) is 2.63. The van der Waals surface area contributed by atoms with Crippen LogP contribution in [-0.2, 0) is 16.3 Å². The molecule has 0 fully saturated rings. The lowest BCUT2D eigenvalue weighted by molar-refractivity contribution is 0.316. The second kappa shape index (κ2) is 2.60. The fourth-order valence-electron chi connectivity index (χ4n) is 0.203. The average molecular weight is 154 g/mol. The number of rotatable bonds is 2. The second-order valence-electron chi connectivity index (χ2n) is 1.28. The van der Waals surface area contributed by atoms with Gasteiger partial charge in [0.2, 0.25) is 0 Å². The van der Waals surface area contributed by atoms with E-state index in [9.17, 15) is 0 Å². The number of allylic oxidation sites excluding steroid dienone is 1. The molecule has 48 valence electrons. The smallest absolute Gasteiger partial charge is 0.374 e. The minimum Gasteiger partial charge on any atom is -0.430 e. The van der Waals surface area contributed by atoms with Gasteiger partial charge in [-0.2, -0.15) is 0 Å². The summed E-state index contributed by atoms with van der Waals surface area (Å²) in [5, 5.41) is 0. The van der Waals surface area contributed by atoms with Crippen molar-refractivity contribution < 1.29 is 14.3 Å². The van der Waals surface area contributed by atoms with Crippen molar-refractivity contribution in [3.05, 3.63) is 12.3 Å². The highest BCUT2D eigenvalue weighted by Crippen LogP contribution is 2.38. The summed E-state index contributed by atoms with van der Waals surface area (Å²) in [6.45, 7) is 1.26. The van der Waals surface area contributed by atoms with Crippen molar-refractivity contribution in [2.45, 2.75) is 6.92 Å². The molecular formula is C3H7O3PS. The Bertz CT molecular complexity index is 137. The molecule has 0 aliphatic carbocycles. The highest BCUT2D eigenvalue weighted by Gasteiger charge is 2.06. The maximum absolute atomic E-state index is 8.39. The first-order valence-corrected chi connectivity index (χ1v) is 4.45. The highest BCUT2D eigenvalue weighted by atomic mass is 32.5. The van der Waals surface area contributed by atoms with Gasteiger partial charge in [0.15, 0.2) is 0 Å². The monoisotopic (exact) mass is 154 g/mol. The number of hydrogen-bond donors (Lipinski definition) is 2. The first-order chi connectivity index (χ1) is 3.42. The maximum atomic E-state index is 8.39. The van der Waals surface area contributed by atoms with Gasteiger partial charge in [-0.1, -0.05) is 6.58 Å². The fourth-order valence-corrected chi connectivity index (χ4v) is 0.991. The molecule has 5 heteroatoms. The quantitative estimate of drug-likeness (QED) is 0.455. The van der Waals surface area contributed by atoms with Crippen molar-refractivity contribution in [3.8, 4) is 0 Å². The molecule has 0 aromatic heterocycles. The normalized spacial score (nSPS) is 10.9. The Morgan fingerprint density at radius 1 is 1.75 bits per heavy atom. The van der Waals surface area contributed by atoms with Crippen molar-refractivity contribution in [2.24, 2.45) is 0 Å². The minimum absolute atomic E-state index is 0.221. The summed E-state index contributed by atoms with van der Waals surface area (Å²) in [5.41, 5.74) is 0. The van der Waals surface area contributed by atoms with E-state index in [2.05, 4.69) is 22.9 Å². The third-order valence-corrected chi connectivity index (χ3v) is 1.05. The maximum Gasteiger partial charge on any atom is 0.374 e. The topological polar surface area (TPSA) is 49.7 Å². The third kappa shape index (κ3) is 6.11. The van der Waals surface area contributed by atoms with Gasteiger partial charge in [0.1, 0.15) is 0 Å². The predicted molar refractivity (Wildman–Crippen MR) is 34.6 cm³/mol. The molecule has 0 amide bonds. The zero-order chi connectivity index (χ0) is 6.78. The second-order valence-corrected chi connectivity index (χ2v) is 3.87. The first kappa shape index (κ1) is 8.11. The van der Waals surface area contributed by atoms with Crippen LogP contribution in [0.1, 0.15) is 6.92 Å². The zero-order valence-corrected chi connectivity index (χ0v) is 6.08. The van der Waals surface area contributed by atoms with Gasteiger partial charge >= 0.3 is 6.72 Å². The van der Waals surface area contributed by atoms with Crippen molar-refractivity contribution in [2.75, 3.05) is 0 Å². The van der Waals surface area contributed by atoms with Crippen LogP contribution in [-0.4, -0.2) is 9.79 Å². The molecule has 0 heterocycles. The van der Waals surface area contributed by atoms with E-state index >= 15 is 0 Å². The highest BCUT2D eigenvalue weighted by molar-refractivity contribution is 8.06. The molecule has 0 rings (SSSR count). The molecule has 2 N–H and O–H groups in total. The van der Waals surface area contributed by atoms with Gasteiger partial charge in [0.25, 0.3) is 0 Å². The molecule has 0 bridgehead atoms. The molecule has 0 aliphatic rings. The van der Waals surface area contributed by atoms with Gasteiger partial charge in [0.05, 0.1) is 5.76 Å². The Morgan fingerprint density at radius 2 is 2.12 bits per heavy atom. The van der Waals surface area contributed by atoms with Gasteiger partial charge in [-0.25, -0.2) is 0 Å². The van der Waals surface area contributed by atoms with Gasteiger partial charge < -0.3 is 14.3 Å². The lowest BCUT2D eigenvalue weighted by Crippen LogP contribution is -1.81. The van der Waals surface area contributed by atoms with Crippen LogP contribution in [0.15, 0.2) is 12.3 Å². The Hall–Kier alpha value is 0.110. The summed E-state index contributed by atoms with van der Waals surface area (Å²) in [6, 6.07) is 0. The van der Waals surface area contributed by atoms with Crippen LogP contribution in [0.3, 0.4) is 0 Å². The van der Waals surface area contributed by atoms with Crippen molar-refractivity contribution in [3.63, 3.8) is 0 Å². The van der Waals surface area contributed by atoms with E-state index in [4.69, 9.17) is 9.79 Å². The Balaban J connectivity index is 3.74. The van der Waals surface area contributed by atoms with Crippen LogP contribution in [0.2, 0.25) is 0 Å². The Morgan fingerprint density at radius 3 is 2.12 bits per heavy atom. The van der Waals surface area contributed by atoms with Crippen LogP contribution in [0.25, 0.3) is 0 Å². The molecule has 0 saturated carbocycles. The van der Waals surface area contributed by atoms with Crippen molar-refractivity contribution in [1.29, 1.82) is 0 Å². The minimum atomic E-state index is -3.49. The van der Waals surface area contributed by atoms with Crippen LogP contribution in [0, 0.1) is 0 Å². The molecular weight excluding hydrogens is 147 g/mol. The van der Waals surface area contributed by atoms with Crippen molar-refractivity contribution in [1.82, 2.24) is 0 Å². The number of hydrogen-bond acceptors (Lipinski definition) is 2. The predicted octanol–water partition coefficient (Wildman–Crippen LogP) is 0.746.